The Morgan fingerprint density at radius 1 is 1.03 bits per heavy atom. The molecule has 1 atom stereocenters. The van der Waals surface area contributed by atoms with Gasteiger partial charge in [0.05, 0.1) is 5.56 Å². The van der Waals surface area contributed by atoms with Gasteiger partial charge in [0.15, 0.2) is 0 Å². The smallest absolute Gasteiger partial charge is 0.416 e. The van der Waals surface area contributed by atoms with E-state index in [0.29, 0.717) is 37.8 Å². The highest BCUT2D eigenvalue weighted by Gasteiger charge is 2.31. The first-order chi connectivity index (χ1) is 14.2. The third-order valence-corrected chi connectivity index (χ3v) is 5.43. The Morgan fingerprint density at radius 2 is 1.70 bits per heavy atom. The van der Waals surface area contributed by atoms with Crippen molar-refractivity contribution in [3.63, 3.8) is 0 Å². The molecule has 1 aliphatic heterocycles. The Morgan fingerprint density at radius 3 is 2.33 bits per heavy atom. The second-order valence-corrected chi connectivity index (χ2v) is 7.79. The van der Waals surface area contributed by atoms with Crippen molar-refractivity contribution in [2.75, 3.05) is 6.54 Å². The summed E-state index contributed by atoms with van der Waals surface area (Å²) in [7, 11) is 0. The second-order valence-electron chi connectivity index (χ2n) is 7.79. The molecule has 1 heterocycles. The zero-order valence-corrected chi connectivity index (χ0v) is 16.9. The molecule has 0 spiro atoms. The highest BCUT2D eigenvalue weighted by Crippen LogP contribution is 2.29. The van der Waals surface area contributed by atoms with Gasteiger partial charge in [-0.3, -0.25) is 14.4 Å². The van der Waals surface area contributed by atoms with Gasteiger partial charge in [0.1, 0.15) is 5.78 Å². The molecule has 0 radical (unpaired) electrons. The molecule has 30 heavy (non-hydrogen) atoms. The molecule has 1 N–H and O–H groups in total. The third-order valence-electron chi connectivity index (χ3n) is 5.43. The summed E-state index contributed by atoms with van der Waals surface area (Å²) in [6.07, 6.45) is 0.986. The zero-order chi connectivity index (χ0) is 22.1. The van der Waals surface area contributed by atoms with Gasteiger partial charge in [-0.1, -0.05) is 25.0 Å². The number of carboxylic acid groups (broad SMARTS) is 1. The Balaban J connectivity index is 1.73. The Bertz CT molecular complexity index is 731. The van der Waals surface area contributed by atoms with Crippen LogP contribution in [0, 0.1) is 0 Å². The zero-order valence-electron chi connectivity index (χ0n) is 16.9. The van der Waals surface area contributed by atoms with Crippen LogP contribution in [0.5, 0.6) is 0 Å². The molecule has 1 amide bonds. The van der Waals surface area contributed by atoms with Crippen LogP contribution < -0.4 is 0 Å². The number of unbranched alkanes of at least 4 members (excludes halogenated alkanes) is 3. The van der Waals surface area contributed by atoms with Crippen LogP contribution in [-0.2, 0) is 27.0 Å². The highest BCUT2D eigenvalue weighted by molar-refractivity contribution is 5.81. The maximum absolute atomic E-state index is 12.6. The van der Waals surface area contributed by atoms with Crippen molar-refractivity contribution in [2.24, 2.45) is 0 Å². The molecule has 0 saturated carbocycles. The predicted molar refractivity (Wildman–Crippen MR) is 105 cm³/mol. The van der Waals surface area contributed by atoms with Gasteiger partial charge in [0, 0.05) is 38.3 Å². The van der Waals surface area contributed by atoms with Crippen molar-refractivity contribution in [1.82, 2.24) is 4.90 Å². The minimum atomic E-state index is -4.39. The largest absolute Gasteiger partial charge is 0.481 e. The number of benzene rings is 1. The topological polar surface area (TPSA) is 74.7 Å². The van der Waals surface area contributed by atoms with E-state index in [1.807, 2.05) is 4.90 Å². The van der Waals surface area contributed by atoms with Crippen molar-refractivity contribution in [3.05, 3.63) is 35.4 Å². The summed E-state index contributed by atoms with van der Waals surface area (Å²) in [5.41, 5.74) is -0.185. The van der Waals surface area contributed by atoms with Crippen LogP contribution in [0.25, 0.3) is 0 Å². The molecule has 0 bridgehead atoms. The van der Waals surface area contributed by atoms with Crippen LogP contribution in [-0.4, -0.2) is 40.3 Å². The first kappa shape index (κ1) is 23.9. The van der Waals surface area contributed by atoms with Crippen LogP contribution >= 0.6 is 0 Å². The SMILES string of the molecule is O=C(O)CCCCCCN1C(=O)CC[C@@H]1CCC(=O)Cc1ccc(C(F)(F)F)cc1. The summed E-state index contributed by atoms with van der Waals surface area (Å²) in [4.78, 5) is 36.7. The number of likely N-dealkylation sites (tertiary alicyclic amines) is 1. The fourth-order valence-corrected chi connectivity index (χ4v) is 3.77. The summed E-state index contributed by atoms with van der Waals surface area (Å²) in [6.45, 7) is 0.615. The first-order valence-corrected chi connectivity index (χ1v) is 10.4. The van der Waals surface area contributed by atoms with E-state index in [4.69, 9.17) is 5.11 Å². The van der Waals surface area contributed by atoms with Gasteiger partial charge < -0.3 is 10.0 Å². The number of amides is 1. The summed E-state index contributed by atoms with van der Waals surface area (Å²) < 4.78 is 37.8. The van der Waals surface area contributed by atoms with E-state index in [-0.39, 0.29) is 37.0 Å². The number of rotatable bonds is 12. The quantitative estimate of drug-likeness (QED) is 0.494. The summed E-state index contributed by atoms with van der Waals surface area (Å²) >= 11 is 0. The average molecular weight is 427 g/mol. The molecule has 1 aliphatic rings. The van der Waals surface area contributed by atoms with Crippen molar-refractivity contribution in [2.45, 2.75) is 76.4 Å². The minimum Gasteiger partial charge on any atom is -0.481 e. The summed E-state index contributed by atoms with van der Waals surface area (Å²) in [5, 5.41) is 8.63. The van der Waals surface area contributed by atoms with Gasteiger partial charge in [0.2, 0.25) is 5.91 Å². The van der Waals surface area contributed by atoms with Crippen LogP contribution in [0.3, 0.4) is 0 Å². The van der Waals surface area contributed by atoms with E-state index in [9.17, 15) is 27.6 Å². The number of ketones is 1. The van der Waals surface area contributed by atoms with Crippen LogP contribution in [0.4, 0.5) is 13.2 Å². The molecule has 0 aliphatic carbocycles. The van der Waals surface area contributed by atoms with E-state index in [0.717, 1.165) is 31.4 Å². The van der Waals surface area contributed by atoms with Crippen molar-refractivity contribution >= 4 is 17.7 Å². The van der Waals surface area contributed by atoms with E-state index in [1.165, 1.54) is 12.1 Å². The predicted octanol–water partition coefficient (Wildman–Crippen LogP) is 4.62. The lowest BCUT2D eigenvalue weighted by atomic mass is 10.0. The number of halogens is 3. The minimum absolute atomic E-state index is 0.0214. The van der Waals surface area contributed by atoms with Crippen LogP contribution in [0.1, 0.15) is 68.9 Å². The molecule has 5 nitrogen and oxygen atoms in total. The Hall–Kier alpha value is -2.38. The lowest BCUT2D eigenvalue weighted by Crippen LogP contribution is -2.34. The average Bonchev–Trinajstić information content (AvgIpc) is 3.02. The Kier molecular flexibility index (Phi) is 8.87. The molecule has 1 aromatic rings. The van der Waals surface area contributed by atoms with Gasteiger partial charge in [-0.25, -0.2) is 0 Å². The molecule has 1 fully saturated rings. The van der Waals surface area contributed by atoms with Crippen molar-refractivity contribution in [1.29, 1.82) is 0 Å². The lowest BCUT2D eigenvalue weighted by molar-refractivity contribution is -0.138. The maximum Gasteiger partial charge on any atom is 0.416 e. The molecule has 8 heteroatoms. The van der Waals surface area contributed by atoms with E-state index >= 15 is 0 Å². The van der Waals surface area contributed by atoms with Crippen LogP contribution in [0.15, 0.2) is 24.3 Å². The number of carbonyl (C=O) groups is 3. The highest BCUT2D eigenvalue weighted by atomic mass is 19.4. The maximum atomic E-state index is 12.6. The monoisotopic (exact) mass is 427 g/mol. The number of aliphatic carboxylic acids is 1. The number of alkyl halides is 3. The molecule has 1 saturated heterocycles. The molecule has 2 rings (SSSR count). The van der Waals surface area contributed by atoms with E-state index in [1.54, 1.807) is 0 Å². The van der Waals surface area contributed by atoms with E-state index in [2.05, 4.69) is 0 Å². The standard InChI is InChI=1S/C22H28F3NO4/c23-22(24,25)17-8-6-16(7-9-17)15-19(27)12-10-18-11-13-20(28)26(18)14-4-2-1-3-5-21(29)30/h6-9,18H,1-5,10-15H2,(H,29,30)/t18-/m0/s1. The van der Waals surface area contributed by atoms with Gasteiger partial charge in [0.25, 0.3) is 0 Å². The molecule has 0 aromatic heterocycles. The number of Topliss-reactive ketones (excluding diaryl/α,β-unsaturated/α-hetero) is 1. The van der Waals surface area contributed by atoms with Crippen molar-refractivity contribution < 1.29 is 32.7 Å². The fraction of sp³-hybridized carbons (Fsp3) is 0.591. The molecule has 166 valence electrons. The van der Waals surface area contributed by atoms with Gasteiger partial charge >= 0.3 is 12.1 Å². The third kappa shape index (κ3) is 7.80. The van der Waals surface area contributed by atoms with Crippen LogP contribution in [0.2, 0.25) is 0 Å². The molecule has 1 aromatic carbocycles. The molecule has 0 unspecified atom stereocenters. The van der Waals surface area contributed by atoms with Crippen molar-refractivity contribution in [3.8, 4) is 0 Å². The summed E-state index contributed by atoms with van der Waals surface area (Å²) in [6, 6.07) is 4.65. The number of carbonyl (C=O) groups excluding carboxylic acids is 2. The van der Waals surface area contributed by atoms with Gasteiger partial charge in [-0.05, 0) is 43.4 Å². The first-order valence-electron chi connectivity index (χ1n) is 10.4. The number of carboxylic acids is 1. The fourth-order valence-electron chi connectivity index (χ4n) is 3.77. The number of nitrogens with zero attached hydrogens (tertiary/aromatic N) is 1. The summed E-state index contributed by atoms with van der Waals surface area (Å²) in [5.74, 6) is -0.769. The molecular weight excluding hydrogens is 399 g/mol. The number of hydrogen-bond acceptors (Lipinski definition) is 3. The number of hydrogen-bond donors (Lipinski definition) is 1. The lowest BCUT2D eigenvalue weighted by Gasteiger charge is -2.24. The molecular formula is C22H28F3NO4. The normalized spacial score (nSPS) is 16.8. The second kappa shape index (κ2) is 11.1. The Labute approximate surface area is 174 Å². The van der Waals surface area contributed by atoms with Gasteiger partial charge in [-0.15, -0.1) is 0 Å². The van der Waals surface area contributed by atoms with E-state index < -0.39 is 17.7 Å². The van der Waals surface area contributed by atoms with Gasteiger partial charge in [-0.2, -0.15) is 13.2 Å².